The Morgan fingerprint density at radius 2 is 2.38 bits per heavy atom. The number of aliphatic imine (C=N–C) groups is 1. The molecule has 0 heterocycles. The monoisotopic (exact) mass is 111 g/mol. The highest BCUT2D eigenvalue weighted by Crippen LogP contribution is 1.83. The van der Waals surface area contributed by atoms with Crippen molar-refractivity contribution in [2.24, 2.45) is 4.99 Å². The first-order chi connectivity index (χ1) is 3.91. The topological polar surface area (TPSA) is 12.4 Å². The third-order valence-corrected chi connectivity index (χ3v) is 0.844. The molecule has 0 aliphatic heterocycles. The molecule has 1 heteroatoms. The van der Waals surface area contributed by atoms with Gasteiger partial charge in [-0.2, -0.15) is 0 Å². The second kappa shape index (κ2) is 6.45. The van der Waals surface area contributed by atoms with Crippen LogP contribution in [0.25, 0.3) is 0 Å². The van der Waals surface area contributed by atoms with E-state index in [0.717, 1.165) is 6.54 Å². The van der Waals surface area contributed by atoms with Crippen molar-refractivity contribution in [2.45, 2.75) is 26.7 Å². The maximum atomic E-state index is 3.97. The highest BCUT2D eigenvalue weighted by Gasteiger charge is 1.73. The Morgan fingerprint density at radius 3 is 2.88 bits per heavy atom. The van der Waals surface area contributed by atoms with Gasteiger partial charge in [-0.15, -0.1) is 0 Å². The Morgan fingerprint density at radius 1 is 1.62 bits per heavy atom. The molecule has 0 aliphatic carbocycles. The van der Waals surface area contributed by atoms with E-state index in [2.05, 4.69) is 17.8 Å². The molecule has 0 aromatic rings. The van der Waals surface area contributed by atoms with Gasteiger partial charge in [0.2, 0.25) is 0 Å². The Kier molecular flexibility index (Phi) is 6.01. The zero-order valence-electron chi connectivity index (χ0n) is 5.65. The lowest BCUT2D eigenvalue weighted by atomic mass is 10.3. The molecule has 8 heavy (non-hydrogen) atoms. The van der Waals surface area contributed by atoms with Crippen LogP contribution in [0.4, 0.5) is 0 Å². The number of hydrogen-bond acceptors (Lipinski definition) is 1. The van der Waals surface area contributed by atoms with Crippen LogP contribution in [-0.2, 0) is 0 Å². The van der Waals surface area contributed by atoms with Crippen LogP contribution in [0.3, 0.4) is 0 Å². The third-order valence-electron chi connectivity index (χ3n) is 0.844. The first-order valence-electron chi connectivity index (χ1n) is 3.11. The number of allylic oxidation sites excluding steroid dienone is 1. The largest absolute Gasteiger partial charge is 0.243 e. The normalized spacial score (nSPS) is 7.75. The summed E-state index contributed by atoms with van der Waals surface area (Å²) in [5.41, 5.74) is 0. The van der Waals surface area contributed by atoms with Crippen LogP contribution in [-0.4, -0.2) is 12.4 Å². The average Bonchev–Trinajstić information content (AvgIpc) is 1.81. The van der Waals surface area contributed by atoms with E-state index in [0.29, 0.717) is 0 Å². The van der Waals surface area contributed by atoms with Crippen LogP contribution < -0.4 is 0 Å². The molecule has 0 rings (SSSR count). The van der Waals surface area contributed by atoms with Gasteiger partial charge in [0.05, 0.1) is 0 Å². The fourth-order valence-corrected chi connectivity index (χ4v) is 0.393. The van der Waals surface area contributed by atoms with Crippen molar-refractivity contribution in [3.05, 3.63) is 6.08 Å². The van der Waals surface area contributed by atoms with Crippen molar-refractivity contribution in [1.82, 2.24) is 0 Å². The minimum Gasteiger partial charge on any atom is -0.243 e. The smallest absolute Gasteiger partial charge is 0.0483 e. The summed E-state index contributed by atoms with van der Waals surface area (Å²) < 4.78 is 0. The highest BCUT2D eigenvalue weighted by atomic mass is 14.7. The molecule has 46 valence electrons. The van der Waals surface area contributed by atoms with Crippen LogP contribution in [0.2, 0.25) is 0 Å². The molecule has 0 unspecified atom stereocenters. The van der Waals surface area contributed by atoms with Gasteiger partial charge >= 0.3 is 0 Å². The number of unbranched alkanes of at least 4 members (excludes halogenated alkanes) is 1. The van der Waals surface area contributed by atoms with Gasteiger partial charge < -0.3 is 0 Å². The van der Waals surface area contributed by atoms with Crippen LogP contribution in [0.5, 0.6) is 0 Å². The van der Waals surface area contributed by atoms with E-state index in [1.54, 1.807) is 0 Å². The molecule has 0 saturated heterocycles. The second-order valence-corrected chi connectivity index (χ2v) is 1.65. The predicted molar refractivity (Wildman–Crippen MR) is 37.5 cm³/mol. The molecule has 0 fully saturated rings. The van der Waals surface area contributed by atoms with Gasteiger partial charge in [0, 0.05) is 6.54 Å². The summed E-state index contributed by atoms with van der Waals surface area (Å²) in [7, 11) is 0. The molecule has 0 atom stereocenters. The number of rotatable bonds is 3. The zero-order chi connectivity index (χ0) is 6.24. The number of nitrogens with zero attached hydrogens (tertiary/aromatic N) is 1. The molecule has 0 bridgehead atoms. The van der Waals surface area contributed by atoms with E-state index in [-0.39, 0.29) is 0 Å². The summed E-state index contributed by atoms with van der Waals surface area (Å²) in [6, 6.07) is 0. The minimum absolute atomic E-state index is 0.931. The second-order valence-electron chi connectivity index (χ2n) is 1.65. The van der Waals surface area contributed by atoms with Crippen molar-refractivity contribution < 1.29 is 0 Å². The summed E-state index contributed by atoms with van der Waals surface area (Å²) in [6.07, 6.45) is 4.23. The molecule has 0 radical (unpaired) electrons. The fraction of sp³-hybridized carbons (Fsp3) is 0.714. The lowest BCUT2D eigenvalue weighted by Crippen LogP contribution is -1.75. The maximum Gasteiger partial charge on any atom is 0.0483 e. The molecule has 0 aromatic heterocycles. The minimum atomic E-state index is 0.931. The summed E-state index contributed by atoms with van der Waals surface area (Å²) >= 11 is 0. The van der Waals surface area contributed by atoms with Gasteiger partial charge in [-0.25, -0.2) is 4.99 Å². The van der Waals surface area contributed by atoms with Gasteiger partial charge in [-0.3, -0.25) is 0 Å². The predicted octanol–water partition coefficient (Wildman–Crippen LogP) is 2.03. The van der Waals surface area contributed by atoms with Crippen molar-refractivity contribution in [1.29, 1.82) is 0 Å². The van der Waals surface area contributed by atoms with E-state index in [9.17, 15) is 0 Å². The lowest BCUT2D eigenvalue weighted by Gasteiger charge is -1.82. The van der Waals surface area contributed by atoms with Gasteiger partial charge in [0.15, 0.2) is 0 Å². The summed E-state index contributed by atoms with van der Waals surface area (Å²) in [5, 5.41) is 0. The molecule has 0 amide bonds. The van der Waals surface area contributed by atoms with Crippen LogP contribution in [0, 0.1) is 0 Å². The Bertz CT molecular complexity index is 88.6. The van der Waals surface area contributed by atoms with Gasteiger partial charge in [-0.1, -0.05) is 13.3 Å². The molecule has 0 saturated carbocycles. The Hall–Kier alpha value is -0.550. The van der Waals surface area contributed by atoms with E-state index < -0.39 is 0 Å². The van der Waals surface area contributed by atoms with Gasteiger partial charge in [-0.05, 0) is 25.3 Å². The average molecular weight is 111 g/mol. The van der Waals surface area contributed by atoms with Gasteiger partial charge in [0.1, 0.15) is 0 Å². The van der Waals surface area contributed by atoms with Crippen LogP contribution in [0.15, 0.2) is 11.1 Å². The lowest BCUT2D eigenvalue weighted by molar-refractivity contribution is 0.811. The van der Waals surface area contributed by atoms with Crippen molar-refractivity contribution in [3.8, 4) is 0 Å². The Balaban J connectivity index is 3.04. The van der Waals surface area contributed by atoms with E-state index in [1.165, 1.54) is 12.8 Å². The fourth-order valence-electron chi connectivity index (χ4n) is 0.393. The molecule has 0 aliphatic rings. The van der Waals surface area contributed by atoms with E-state index in [4.69, 9.17) is 0 Å². The summed E-state index contributed by atoms with van der Waals surface area (Å²) in [4.78, 5) is 3.97. The van der Waals surface area contributed by atoms with Crippen molar-refractivity contribution >= 4 is 5.87 Å². The Labute approximate surface area is 51.1 Å². The molecule has 0 aromatic carbocycles. The SMILES string of the molecule is CC=C=NCCCC. The van der Waals surface area contributed by atoms with E-state index >= 15 is 0 Å². The molecular weight excluding hydrogens is 98.1 g/mol. The summed E-state index contributed by atoms with van der Waals surface area (Å²) in [5.74, 6) is 2.78. The third kappa shape index (κ3) is 5.45. The molecular formula is C7H13N. The maximum absolute atomic E-state index is 3.97. The van der Waals surface area contributed by atoms with Gasteiger partial charge in [0.25, 0.3) is 0 Å². The first-order valence-corrected chi connectivity index (χ1v) is 3.11. The number of hydrogen-bond donors (Lipinski definition) is 0. The van der Waals surface area contributed by atoms with Crippen molar-refractivity contribution in [3.63, 3.8) is 0 Å². The molecule has 0 spiro atoms. The molecule has 0 N–H and O–H groups in total. The molecule has 1 nitrogen and oxygen atoms in total. The standard InChI is InChI=1S/C7H13N/c1-3-5-7-8-6-4-2/h4H,3,5,7H2,1-2H3. The van der Waals surface area contributed by atoms with Crippen molar-refractivity contribution in [2.75, 3.05) is 6.54 Å². The van der Waals surface area contributed by atoms with Crippen LogP contribution in [0.1, 0.15) is 26.7 Å². The quantitative estimate of drug-likeness (QED) is 0.390. The summed E-state index contributed by atoms with van der Waals surface area (Å²) in [6.45, 7) is 5.02. The first kappa shape index (κ1) is 7.45. The zero-order valence-corrected chi connectivity index (χ0v) is 5.65. The highest BCUT2D eigenvalue weighted by molar-refractivity contribution is 5.50. The van der Waals surface area contributed by atoms with Crippen LogP contribution >= 0.6 is 0 Å². The van der Waals surface area contributed by atoms with E-state index in [1.807, 2.05) is 13.0 Å².